The summed E-state index contributed by atoms with van der Waals surface area (Å²) in [5.41, 5.74) is 0.473. The van der Waals surface area contributed by atoms with Crippen molar-refractivity contribution in [2.75, 3.05) is 5.32 Å². The van der Waals surface area contributed by atoms with Gasteiger partial charge in [0, 0.05) is 12.5 Å². The Morgan fingerprint density at radius 2 is 1.69 bits per heavy atom. The molecule has 29 heavy (non-hydrogen) atoms. The largest absolute Gasteiger partial charge is 0.386 e. The topological polar surface area (TPSA) is 67.2 Å². The molecular formula is C22H25F2N3O2. The molecule has 0 aliphatic carbocycles. The molecule has 0 saturated heterocycles. The zero-order valence-corrected chi connectivity index (χ0v) is 17.2. The number of nitrogens with one attached hydrogen (secondary N) is 1. The molecule has 0 saturated carbocycles. The van der Waals surface area contributed by atoms with E-state index in [2.05, 4.69) is 10.3 Å². The highest BCUT2D eigenvalue weighted by atomic mass is 19.1. The van der Waals surface area contributed by atoms with Gasteiger partial charge in [0.15, 0.2) is 0 Å². The van der Waals surface area contributed by atoms with Crippen LogP contribution in [0.15, 0.2) is 36.4 Å². The molecule has 7 heteroatoms. The van der Waals surface area contributed by atoms with Gasteiger partial charge in [0.2, 0.25) is 11.9 Å². The highest BCUT2D eigenvalue weighted by Gasteiger charge is 2.22. The first-order valence-corrected chi connectivity index (χ1v) is 9.35. The molecule has 5 nitrogen and oxygen atoms in total. The van der Waals surface area contributed by atoms with E-state index >= 15 is 0 Å². The molecular weight excluding hydrogens is 376 g/mol. The Labute approximate surface area is 168 Å². The van der Waals surface area contributed by atoms with Gasteiger partial charge in [0.1, 0.15) is 11.6 Å². The predicted octanol–water partition coefficient (Wildman–Crippen LogP) is 4.91. The number of fused-ring (bicyclic) bond motifs is 1. The summed E-state index contributed by atoms with van der Waals surface area (Å²) in [4.78, 5) is 16.9. The number of hydrogen-bond acceptors (Lipinski definition) is 3. The van der Waals surface area contributed by atoms with Crippen molar-refractivity contribution in [3.8, 4) is 5.69 Å². The SMILES string of the molecule is CC(C)(C)CC(=O)Nc1nc2ccc(C(C)(C)O)cc2n1-c1cc(F)cc(F)c1. The molecule has 2 aromatic carbocycles. The lowest BCUT2D eigenvalue weighted by Gasteiger charge is -2.19. The zero-order valence-electron chi connectivity index (χ0n) is 17.2. The molecule has 0 fully saturated rings. The van der Waals surface area contributed by atoms with Crippen molar-refractivity contribution in [2.45, 2.75) is 46.6 Å². The van der Waals surface area contributed by atoms with Crippen LogP contribution in [0, 0.1) is 17.0 Å². The van der Waals surface area contributed by atoms with E-state index in [9.17, 15) is 18.7 Å². The molecule has 1 aromatic heterocycles. The Hall–Kier alpha value is -2.80. The summed E-state index contributed by atoms with van der Waals surface area (Å²) < 4.78 is 29.3. The quantitative estimate of drug-likeness (QED) is 0.653. The molecule has 0 radical (unpaired) electrons. The van der Waals surface area contributed by atoms with Crippen LogP contribution in [0.3, 0.4) is 0 Å². The highest BCUT2D eigenvalue weighted by molar-refractivity contribution is 5.93. The molecule has 1 heterocycles. The Morgan fingerprint density at radius 3 is 2.24 bits per heavy atom. The molecule has 0 atom stereocenters. The molecule has 0 unspecified atom stereocenters. The van der Waals surface area contributed by atoms with E-state index in [1.54, 1.807) is 32.0 Å². The van der Waals surface area contributed by atoms with Gasteiger partial charge in [-0.1, -0.05) is 26.8 Å². The van der Waals surface area contributed by atoms with Gasteiger partial charge in [0.05, 0.1) is 22.3 Å². The van der Waals surface area contributed by atoms with E-state index in [0.29, 0.717) is 16.6 Å². The lowest BCUT2D eigenvalue weighted by molar-refractivity contribution is -0.117. The number of benzene rings is 2. The lowest BCUT2D eigenvalue weighted by atomic mass is 9.92. The fraction of sp³-hybridized carbons (Fsp3) is 0.364. The second-order valence-electron chi connectivity index (χ2n) is 8.95. The van der Waals surface area contributed by atoms with Crippen LogP contribution in [0.1, 0.15) is 46.6 Å². The average Bonchev–Trinajstić information content (AvgIpc) is 2.87. The molecule has 0 aliphatic rings. The smallest absolute Gasteiger partial charge is 0.227 e. The maximum atomic E-state index is 13.9. The summed E-state index contributed by atoms with van der Waals surface area (Å²) in [6.45, 7) is 9.10. The fourth-order valence-corrected chi connectivity index (χ4v) is 3.12. The van der Waals surface area contributed by atoms with Crippen LogP contribution in [0.4, 0.5) is 14.7 Å². The third-order valence-electron chi connectivity index (χ3n) is 4.41. The second-order valence-corrected chi connectivity index (χ2v) is 8.95. The normalized spacial score (nSPS) is 12.4. The van der Waals surface area contributed by atoms with Crippen LogP contribution < -0.4 is 5.32 Å². The van der Waals surface area contributed by atoms with E-state index in [1.165, 1.54) is 16.7 Å². The zero-order chi connectivity index (χ0) is 21.6. The molecule has 3 rings (SSSR count). The van der Waals surface area contributed by atoms with Gasteiger partial charge in [0.25, 0.3) is 0 Å². The standard InChI is InChI=1S/C22H25F2N3O2/c1-21(2,3)12-19(28)26-20-25-17-7-6-13(22(4,5)29)8-18(17)27(20)16-10-14(23)9-15(24)11-16/h6-11,29H,12H2,1-5H3,(H,25,26,28). The molecule has 0 aliphatic heterocycles. The maximum absolute atomic E-state index is 13.9. The van der Waals surface area contributed by atoms with E-state index < -0.39 is 17.2 Å². The van der Waals surface area contributed by atoms with Gasteiger partial charge < -0.3 is 5.11 Å². The highest BCUT2D eigenvalue weighted by Crippen LogP contribution is 2.30. The molecule has 0 bridgehead atoms. The number of anilines is 1. The Bertz CT molecular complexity index is 1060. The van der Waals surface area contributed by atoms with Crippen LogP contribution in [0.5, 0.6) is 0 Å². The summed E-state index contributed by atoms with van der Waals surface area (Å²) in [5.74, 6) is -1.58. The third kappa shape index (κ3) is 4.79. The molecule has 2 N–H and O–H groups in total. The maximum Gasteiger partial charge on any atom is 0.227 e. The number of carbonyl (C=O) groups is 1. The predicted molar refractivity (Wildman–Crippen MR) is 109 cm³/mol. The van der Waals surface area contributed by atoms with Gasteiger partial charge >= 0.3 is 0 Å². The van der Waals surface area contributed by atoms with E-state index in [1.807, 2.05) is 20.8 Å². The summed E-state index contributed by atoms with van der Waals surface area (Å²) in [6.07, 6.45) is 0.253. The van der Waals surface area contributed by atoms with Crippen molar-refractivity contribution < 1.29 is 18.7 Å². The van der Waals surface area contributed by atoms with Crippen molar-refractivity contribution in [3.63, 3.8) is 0 Å². The van der Waals surface area contributed by atoms with Gasteiger partial charge in [-0.25, -0.2) is 13.8 Å². The number of amides is 1. The van der Waals surface area contributed by atoms with E-state index in [4.69, 9.17) is 0 Å². The number of rotatable bonds is 4. The van der Waals surface area contributed by atoms with Crippen molar-refractivity contribution in [3.05, 3.63) is 53.6 Å². The van der Waals surface area contributed by atoms with Crippen molar-refractivity contribution >= 4 is 22.9 Å². The van der Waals surface area contributed by atoms with Crippen LogP contribution >= 0.6 is 0 Å². The van der Waals surface area contributed by atoms with Crippen LogP contribution in [0.25, 0.3) is 16.7 Å². The van der Waals surface area contributed by atoms with Gasteiger partial charge in [-0.15, -0.1) is 0 Å². The second kappa shape index (κ2) is 7.22. The van der Waals surface area contributed by atoms with Crippen molar-refractivity contribution in [1.82, 2.24) is 9.55 Å². The number of aromatic nitrogens is 2. The van der Waals surface area contributed by atoms with E-state index in [0.717, 1.165) is 6.07 Å². The number of nitrogens with zero attached hydrogens (tertiary/aromatic N) is 2. The lowest BCUT2D eigenvalue weighted by Crippen LogP contribution is -2.21. The van der Waals surface area contributed by atoms with Crippen LogP contribution in [0.2, 0.25) is 0 Å². The number of imidazole rings is 1. The minimum atomic E-state index is -1.12. The van der Waals surface area contributed by atoms with Crippen LogP contribution in [-0.4, -0.2) is 20.6 Å². The minimum Gasteiger partial charge on any atom is -0.386 e. The molecule has 3 aromatic rings. The van der Waals surface area contributed by atoms with Crippen molar-refractivity contribution in [2.24, 2.45) is 5.41 Å². The van der Waals surface area contributed by atoms with Gasteiger partial charge in [-0.05, 0) is 49.1 Å². The molecule has 1 amide bonds. The summed E-state index contributed by atoms with van der Waals surface area (Å²) in [5, 5.41) is 13.1. The van der Waals surface area contributed by atoms with Gasteiger partial charge in [-0.2, -0.15) is 0 Å². The first kappa shape index (κ1) is 20.9. The first-order valence-electron chi connectivity index (χ1n) is 9.35. The monoisotopic (exact) mass is 401 g/mol. The number of halogens is 2. The van der Waals surface area contributed by atoms with Crippen molar-refractivity contribution in [1.29, 1.82) is 0 Å². The molecule has 0 spiro atoms. The fourth-order valence-electron chi connectivity index (χ4n) is 3.12. The molecule has 154 valence electrons. The average molecular weight is 401 g/mol. The third-order valence-corrected chi connectivity index (χ3v) is 4.41. The number of hydrogen-bond donors (Lipinski definition) is 2. The van der Waals surface area contributed by atoms with Gasteiger partial charge in [-0.3, -0.25) is 14.7 Å². The number of carbonyl (C=O) groups excluding carboxylic acids is 1. The first-order chi connectivity index (χ1) is 13.3. The van der Waals surface area contributed by atoms with E-state index in [-0.39, 0.29) is 29.4 Å². The summed E-state index contributed by atoms with van der Waals surface area (Å²) >= 11 is 0. The Kier molecular flexibility index (Phi) is 5.21. The number of aliphatic hydroxyl groups is 1. The Morgan fingerprint density at radius 1 is 1.07 bits per heavy atom. The Balaban J connectivity index is 2.20. The minimum absolute atomic E-state index is 0.159. The van der Waals surface area contributed by atoms with Crippen LogP contribution in [-0.2, 0) is 10.4 Å². The summed E-state index contributed by atoms with van der Waals surface area (Å²) in [6, 6.07) is 8.24. The summed E-state index contributed by atoms with van der Waals surface area (Å²) in [7, 11) is 0.